The summed E-state index contributed by atoms with van der Waals surface area (Å²) in [7, 11) is 0. The van der Waals surface area contributed by atoms with Crippen LogP contribution in [-0.4, -0.2) is 64.0 Å². The molecule has 0 unspecified atom stereocenters. The number of nitrogens with one attached hydrogen (secondary N) is 1. The Labute approximate surface area is 199 Å². The minimum atomic E-state index is -0.0931. The molecule has 0 radical (unpaired) electrons. The lowest BCUT2D eigenvalue weighted by Gasteiger charge is -2.37. The second-order valence-electron chi connectivity index (χ2n) is 8.73. The summed E-state index contributed by atoms with van der Waals surface area (Å²) < 4.78 is 12.8. The molecule has 2 fully saturated rings. The number of rotatable bonds is 7. The van der Waals surface area contributed by atoms with Crippen molar-refractivity contribution in [3.05, 3.63) is 48.2 Å². The molecule has 180 valence electrons. The van der Waals surface area contributed by atoms with Gasteiger partial charge in [0.2, 0.25) is 11.8 Å². The van der Waals surface area contributed by atoms with Crippen LogP contribution in [0, 0.1) is 5.41 Å². The van der Waals surface area contributed by atoms with Gasteiger partial charge in [0.05, 0.1) is 26.0 Å². The lowest BCUT2D eigenvalue weighted by molar-refractivity contribution is -0.119. The van der Waals surface area contributed by atoms with E-state index in [1.54, 1.807) is 29.8 Å². The van der Waals surface area contributed by atoms with Gasteiger partial charge in [-0.2, -0.15) is 0 Å². The van der Waals surface area contributed by atoms with Crippen molar-refractivity contribution in [3.8, 4) is 11.6 Å². The van der Waals surface area contributed by atoms with Crippen molar-refractivity contribution in [3.63, 3.8) is 0 Å². The van der Waals surface area contributed by atoms with E-state index in [2.05, 4.69) is 20.3 Å². The Morgan fingerprint density at radius 3 is 2.74 bits per heavy atom. The van der Waals surface area contributed by atoms with Gasteiger partial charge in [-0.1, -0.05) is 26.0 Å². The van der Waals surface area contributed by atoms with Gasteiger partial charge in [-0.3, -0.25) is 14.5 Å². The Hall–Kier alpha value is -3.30. The number of benzene rings is 1. The topological polar surface area (TPSA) is 98.1 Å². The predicted molar refractivity (Wildman–Crippen MR) is 128 cm³/mol. The van der Waals surface area contributed by atoms with Crippen molar-refractivity contribution in [1.29, 1.82) is 0 Å². The van der Waals surface area contributed by atoms with Gasteiger partial charge in [0.25, 0.3) is 0 Å². The molecule has 9 nitrogen and oxygen atoms in total. The van der Waals surface area contributed by atoms with E-state index in [-0.39, 0.29) is 17.1 Å². The van der Waals surface area contributed by atoms with Gasteiger partial charge < -0.3 is 14.8 Å². The average molecular weight is 466 g/mol. The van der Waals surface area contributed by atoms with E-state index in [0.717, 1.165) is 38.3 Å². The molecule has 0 bridgehead atoms. The van der Waals surface area contributed by atoms with E-state index in [4.69, 9.17) is 9.47 Å². The molecule has 1 amide bonds. The SMILES string of the molecule is CC.CC(=O)Cc1cccc(Oc2ccc3nc(NC(=O)CN4CCC5(COC5)C4)cn3n2)c1. The van der Waals surface area contributed by atoms with E-state index >= 15 is 0 Å². The molecule has 1 aromatic carbocycles. The summed E-state index contributed by atoms with van der Waals surface area (Å²) in [5.74, 6) is 1.44. The van der Waals surface area contributed by atoms with Crippen LogP contribution in [0.15, 0.2) is 42.6 Å². The summed E-state index contributed by atoms with van der Waals surface area (Å²) in [6, 6.07) is 10.9. The largest absolute Gasteiger partial charge is 0.438 e. The number of amides is 1. The van der Waals surface area contributed by atoms with Crippen LogP contribution in [0.1, 0.15) is 32.8 Å². The lowest BCUT2D eigenvalue weighted by atomic mass is 9.85. The number of aromatic nitrogens is 3. The first kappa shape index (κ1) is 23.8. The highest BCUT2D eigenvalue weighted by Gasteiger charge is 2.44. The maximum atomic E-state index is 12.5. The van der Waals surface area contributed by atoms with Crippen molar-refractivity contribution < 1.29 is 19.1 Å². The summed E-state index contributed by atoms with van der Waals surface area (Å²) >= 11 is 0. The first-order valence-electron chi connectivity index (χ1n) is 11.7. The molecule has 4 heterocycles. The minimum absolute atomic E-state index is 0.0931. The maximum absolute atomic E-state index is 12.5. The van der Waals surface area contributed by atoms with Crippen molar-refractivity contribution in [2.75, 3.05) is 38.2 Å². The van der Waals surface area contributed by atoms with Crippen molar-refractivity contribution >= 4 is 23.2 Å². The fourth-order valence-electron chi connectivity index (χ4n) is 4.28. The number of hydrogen-bond acceptors (Lipinski definition) is 7. The first-order valence-corrected chi connectivity index (χ1v) is 11.7. The second kappa shape index (κ2) is 10.3. The summed E-state index contributed by atoms with van der Waals surface area (Å²) in [5, 5.41) is 7.28. The van der Waals surface area contributed by atoms with Gasteiger partial charge in [0.15, 0.2) is 11.5 Å². The van der Waals surface area contributed by atoms with Gasteiger partial charge in [-0.25, -0.2) is 9.50 Å². The molecular formula is C25H31N5O4. The van der Waals surface area contributed by atoms with E-state index in [9.17, 15) is 9.59 Å². The molecule has 34 heavy (non-hydrogen) atoms. The molecule has 9 heteroatoms. The Balaban J connectivity index is 0.00000133. The van der Waals surface area contributed by atoms with Crippen molar-refractivity contribution in [2.24, 2.45) is 5.41 Å². The van der Waals surface area contributed by atoms with E-state index < -0.39 is 0 Å². The normalized spacial score (nSPS) is 16.6. The molecular weight excluding hydrogens is 434 g/mol. The molecule has 2 aliphatic heterocycles. The number of likely N-dealkylation sites (tertiary alicyclic amines) is 1. The summed E-state index contributed by atoms with van der Waals surface area (Å²) in [4.78, 5) is 30.4. The Kier molecular flexibility index (Phi) is 7.23. The molecule has 0 atom stereocenters. The Bertz CT molecular complexity index is 1170. The fraction of sp³-hybridized carbons (Fsp3) is 0.440. The molecule has 3 aromatic rings. The number of imidazole rings is 1. The average Bonchev–Trinajstić information content (AvgIpc) is 3.38. The Morgan fingerprint density at radius 2 is 2.03 bits per heavy atom. The summed E-state index contributed by atoms with van der Waals surface area (Å²) in [5.41, 5.74) is 1.75. The zero-order valence-corrected chi connectivity index (χ0v) is 19.9. The van der Waals surface area contributed by atoms with E-state index in [1.807, 2.05) is 38.1 Å². The molecule has 2 aromatic heterocycles. The number of ether oxygens (including phenoxy) is 2. The number of Topliss-reactive ketones (excluding diaryl/α,β-unsaturated/α-hetero) is 1. The summed E-state index contributed by atoms with van der Waals surface area (Å²) in [6.07, 6.45) is 3.11. The number of anilines is 1. The lowest BCUT2D eigenvalue weighted by Crippen LogP contribution is -2.45. The highest BCUT2D eigenvalue weighted by Crippen LogP contribution is 2.37. The van der Waals surface area contributed by atoms with Gasteiger partial charge >= 0.3 is 0 Å². The third-order valence-corrected chi connectivity index (χ3v) is 5.84. The number of carbonyl (C=O) groups is 2. The standard InChI is InChI=1S/C23H25N5O4.C2H6/c1-16(29)9-17-3-2-4-18(10-17)32-22-6-5-20-24-19(11-28(20)26-22)25-21(30)12-27-8-7-23(13-27)14-31-15-23;1-2/h2-6,10-11H,7-9,12-15H2,1H3,(H,25,30);1-2H3. The van der Waals surface area contributed by atoms with E-state index in [1.165, 1.54) is 0 Å². The number of ketones is 1. The van der Waals surface area contributed by atoms with Crippen LogP contribution in [0.25, 0.3) is 5.65 Å². The van der Waals surface area contributed by atoms with Gasteiger partial charge in [0, 0.05) is 24.4 Å². The smallest absolute Gasteiger partial charge is 0.239 e. The van der Waals surface area contributed by atoms with Gasteiger partial charge in [-0.15, -0.1) is 5.10 Å². The van der Waals surface area contributed by atoms with Crippen molar-refractivity contribution in [2.45, 2.75) is 33.6 Å². The van der Waals surface area contributed by atoms with E-state index in [0.29, 0.717) is 36.1 Å². The molecule has 1 spiro atoms. The van der Waals surface area contributed by atoms with Crippen LogP contribution in [0.5, 0.6) is 11.6 Å². The molecule has 0 aliphatic carbocycles. The third-order valence-electron chi connectivity index (χ3n) is 5.84. The van der Waals surface area contributed by atoms with Crippen LogP contribution in [0.4, 0.5) is 5.82 Å². The quantitative estimate of drug-likeness (QED) is 0.571. The molecule has 0 saturated carbocycles. The second-order valence-corrected chi connectivity index (χ2v) is 8.73. The fourth-order valence-corrected chi connectivity index (χ4v) is 4.28. The number of fused-ring (bicyclic) bond motifs is 1. The van der Waals surface area contributed by atoms with Crippen LogP contribution >= 0.6 is 0 Å². The number of nitrogens with zero attached hydrogens (tertiary/aromatic N) is 4. The monoisotopic (exact) mass is 465 g/mol. The molecule has 2 aliphatic rings. The van der Waals surface area contributed by atoms with Crippen LogP contribution in [0.2, 0.25) is 0 Å². The van der Waals surface area contributed by atoms with Crippen molar-refractivity contribution in [1.82, 2.24) is 19.5 Å². The Morgan fingerprint density at radius 1 is 1.21 bits per heavy atom. The molecule has 5 rings (SSSR count). The van der Waals surface area contributed by atoms with Gasteiger partial charge in [0.1, 0.15) is 11.5 Å². The number of carbonyl (C=O) groups excluding carboxylic acids is 2. The van der Waals surface area contributed by atoms with Crippen LogP contribution < -0.4 is 10.1 Å². The maximum Gasteiger partial charge on any atom is 0.239 e. The highest BCUT2D eigenvalue weighted by atomic mass is 16.5. The predicted octanol–water partition coefficient (Wildman–Crippen LogP) is 3.34. The van der Waals surface area contributed by atoms with Gasteiger partial charge in [-0.05, 0) is 43.7 Å². The molecule has 2 saturated heterocycles. The molecule has 1 N–H and O–H groups in total. The van der Waals surface area contributed by atoms with Crippen LogP contribution in [-0.2, 0) is 20.7 Å². The number of hydrogen-bond donors (Lipinski definition) is 1. The third kappa shape index (κ3) is 5.60. The van der Waals surface area contributed by atoms with Crippen LogP contribution in [0.3, 0.4) is 0 Å². The zero-order chi connectivity index (χ0) is 24.1. The highest BCUT2D eigenvalue weighted by molar-refractivity contribution is 5.91. The summed E-state index contributed by atoms with van der Waals surface area (Å²) in [6.45, 7) is 9.32. The first-order chi connectivity index (χ1) is 16.5. The zero-order valence-electron chi connectivity index (χ0n) is 19.9. The minimum Gasteiger partial charge on any atom is -0.438 e.